The van der Waals surface area contributed by atoms with Crippen molar-refractivity contribution in [2.24, 2.45) is 5.92 Å². The fourth-order valence-electron chi connectivity index (χ4n) is 2.70. The molecule has 1 fully saturated rings. The van der Waals surface area contributed by atoms with Crippen molar-refractivity contribution in [2.75, 3.05) is 20.1 Å². The first-order valence-corrected chi connectivity index (χ1v) is 6.70. The summed E-state index contributed by atoms with van der Waals surface area (Å²) in [5, 5.41) is 3.62. The van der Waals surface area contributed by atoms with E-state index in [1.807, 2.05) is 0 Å². The minimum Gasteiger partial charge on any atom is -0.313 e. The first kappa shape index (κ1) is 12.6. The molecule has 0 amide bonds. The highest BCUT2D eigenvalue weighted by molar-refractivity contribution is 5.14. The van der Waals surface area contributed by atoms with Crippen LogP contribution in [0.3, 0.4) is 0 Å². The fourth-order valence-corrected chi connectivity index (χ4v) is 2.70. The molecule has 1 aromatic carbocycles. The second kappa shape index (κ2) is 6.18. The Kier molecular flexibility index (Phi) is 4.57. The van der Waals surface area contributed by atoms with Gasteiger partial charge in [-0.3, -0.25) is 0 Å². The van der Waals surface area contributed by atoms with E-state index in [1.165, 1.54) is 24.9 Å². The van der Waals surface area contributed by atoms with Crippen molar-refractivity contribution in [1.82, 2.24) is 10.2 Å². The number of likely N-dealkylation sites (N-methyl/N-ethyl adjacent to an activating group) is 1. The van der Waals surface area contributed by atoms with Gasteiger partial charge in [0.2, 0.25) is 0 Å². The van der Waals surface area contributed by atoms with E-state index in [9.17, 15) is 0 Å². The predicted molar refractivity (Wildman–Crippen MR) is 73.0 cm³/mol. The van der Waals surface area contributed by atoms with Crippen molar-refractivity contribution >= 4 is 0 Å². The quantitative estimate of drug-likeness (QED) is 0.858. The molecule has 0 radical (unpaired) electrons. The van der Waals surface area contributed by atoms with Gasteiger partial charge in [-0.2, -0.15) is 0 Å². The van der Waals surface area contributed by atoms with Crippen LogP contribution in [0.25, 0.3) is 0 Å². The van der Waals surface area contributed by atoms with Crippen LogP contribution in [0.4, 0.5) is 0 Å². The summed E-state index contributed by atoms with van der Waals surface area (Å²) in [6.45, 7) is 5.75. The predicted octanol–water partition coefficient (Wildman–Crippen LogP) is 2.51. The van der Waals surface area contributed by atoms with Crippen LogP contribution in [0.1, 0.15) is 25.3 Å². The molecule has 17 heavy (non-hydrogen) atoms. The number of rotatable bonds is 4. The maximum atomic E-state index is 3.62. The molecule has 0 aliphatic carbocycles. The van der Waals surface area contributed by atoms with Crippen LogP contribution < -0.4 is 5.32 Å². The monoisotopic (exact) mass is 232 g/mol. The van der Waals surface area contributed by atoms with Crippen molar-refractivity contribution in [2.45, 2.75) is 32.4 Å². The van der Waals surface area contributed by atoms with Crippen LogP contribution in [0.2, 0.25) is 0 Å². The lowest BCUT2D eigenvalue weighted by Gasteiger charge is -2.31. The SMILES string of the molecule is CC1CCNC(CN(C)Cc2ccccc2)C1. The highest BCUT2D eigenvalue weighted by Gasteiger charge is 2.19. The van der Waals surface area contributed by atoms with Gasteiger partial charge in [-0.25, -0.2) is 0 Å². The number of hydrogen-bond donors (Lipinski definition) is 1. The van der Waals surface area contributed by atoms with E-state index in [4.69, 9.17) is 0 Å². The van der Waals surface area contributed by atoms with Gasteiger partial charge in [0.15, 0.2) is 0 Å². The van der Waals surface area contributed by atoms with Crippen LogP contribution in [-0.2, 0) is 6.54 Å². The van der Waals surface area contributed by atoms with E-state index >= 15 is 0 Å². The maximum Gasteiger partial charge on any atom is 0.0231 e. The van der Waals surface area contributed by atoms with Gasteiger partial charge in [-0.15, -0.1) is 0 Å². The third-order valence-corrected chi connectivity index (χ3v) is 3.58. The molecule has 1 heterocycles. The van der Waals surface area contributed by atoms with Crippen molar-refractivity contribution in [3.05, 3.63) is 35.9 Å². The zero-order valence-electron chi connectivity index (χ0n) is 11.0. The Labute approximate surface area is 105 Å². The zero-order chi connectivity index (χ0) is 12.1. The van der Waals surface area contributed by atoms with Crippen molar-refractivity contribution < 1.29 is 0 Å². The van der Waals surface area contributed by atoms with Crippen LogP contribution in [0.5, 0.6) is 0 Å². The average Bonchev–Trinajstić information content (AvgIpc) is 2.30. The molecule has 0 spiro atoms. The van der Waals surface area contributed by atoms with E-state index in [0.717, 1.165) is 19.0 Å². The number of benzene rings is 1. The maximum absolute atomic E-state index is 3.62. The Hall–Kier alpha value is -0.860. The molecule has 2 unspecified atom stereocenters. The molecule has 2 rings (SSSR count). The van der Waals surface area contributed by atoms with Crippen LogP contribution >= 0.6 is 0 Å². The summed E-state index contributed by atoms with van der Waals surface area (Å²) in [5.41, 5.74) is 1.40. The molecular formula is C15H24N2. The second-order valence-corrected chi connectivity index (χ2v) is 5.46. The lowest BCUT2D eigenvalue weighted by Crippen LogP contribution is -2.44. The largest absolute Gasteiger partial charge is 0.313 e. The van der Waals surface area contributed by atoms with Crippen molar-refractivity contribution in [3.8, 4) is 0 Å². The van der Waals surface area contributed by atoms with Crippen LogP contribution in [0, 0.1) is 5.92 Å². The van der Waals surface area contributed by atoms with Gasteiger partial charge < -0.3 is 10.2 Å². The van der Waals surface area contributed by atoms with Gasteiger partial charge in [0.25, 0.3) is 0 Å². The van der Waals surface area contributed by atoms with Gasteiger partial charge in [0.1, 0.15) is 0 Å². The van der Waals surface area contributed by atoms with E-state index in [1.54, 1.807) is 0 Å². The lowest BCUT2D eigenvalue weighted by molar-refractivity contribution is 0.230. The standard InChI is InChI=1S/C15H24N2/c1-13-8-9-16-15(10-13)12-17(2)11-14-6-4-3-5-7-14/h3-7,13,15-16H,8-12H2,1-2H3. The van der Waals surface area contributed by atoms with Gasteiger partial charge in [0, 0.05) is 19.1 Å². The Balaban J connectivity index is 1.79. The minimum absolute atomic E-state index is 0.674. The second-order valence-electron chi connectivity index (χ2n) is 5.46. The van der Waals surface area contributed by atoms with E-state index in [0.29, 0.717) is 6.04 Å². The highest BCUT2D eigenvalue weighted by Crippen LogP contribution is 2.16. The molecule has 1 aliphatic heterocycles. The van der Waals surface area contributed by atoms with E-state index < -0.39 is 0 Å². The first-order chi connectivity index (χ1) is 8.24. The molecule has 1 aliphatic rings. The molecule has 94 valence electrons. The fraction of sp³-hybridized carbons (Fsp3) is 0.600. The number of nitrogens with one attached hydrogen (secondary N) is 1. The number of nitrogens with zero attached hydrogens (tertiary/aromatic N) is 1. The molecule has 0 aromatic heterocycles. The Morgan fingerprint density at radius 3 is 2.76 bits per heavy atom. The van der Waals surface area contributed by atoms with Crippen LogP contribution in [-0.4, -0.2) is 31.1 Å². The summed E-state index contributed by atoms with van der Waals surface area (Å²) in [6.07, 6.45) is 2.65. The summed E-state index contributed by atoms with van der Waals surface area (Å²) in [4.78, 5) is 2.42. The molecule has 2 heteroatoms. The smallest absolute Gasteiger partial charge is 0.0231 e. The summed E-state index contributed by atoms with van der Waals surface area (Å²) >= 11 is 0. The Morgan fingerprint density at radius 2 is 2.06 bits per heavy atom. The van der Waals surface area contributed by atoms with Gasteiger partial charge in [-0.1, -0.05) is 37.3 Å². The number of hydrogen-bond acceptors (Lipinski definition) is 2. The first-order valence-electron chi connectivity index (χ1n) is 6.70. The molecule has 2 nitrogen and oxygen atoms in total. The third-order valence-electron chi connectivity index (χ3n) is 3.58. The van der Waals surface area contributed by atoms with Gasteiger partial charge in [-0.05, 0) is 37.9 Å². The average molecular weight is 232 g/mol. The molecule has 2 atom stereocenters. The molecular weight excluding hydrogens is 208 g/mol. The number of piperidine rings is 1. The van der Waals surface area contributed by atoms with Gasteiger partial charge >= 0.3 is 0 Å². The summed E-state index contributed by atoms with van der Waals surface area (Å²) < 4.78 is 0. The molecule has 1 saturated heterocycles. The summed E-state index contributed by atoms with van der Waals surface area (Å²) in [7, 11) is 2.22. The highest BCUT2D eigenvalue weighted by atomic mass is 15.1. The van der Waals surface area contributed by atoms with E-state index in [-0.39, 0.29) is 0 Å². The van der Waals surface area contributed by atoms with Crippen LogP contribution in [0.15, 0.2) is 30.3 Å². The third kappa shape index (κ3) is 4.14. The molecule has 0 bridgehead atoms. The zero-order valence-corrected chi connectivity index (χ0v) is 11.0. The summed E-state index contributed by atoms with van der Waals surface area (Å²) in [6, 6.07) is 11.4. The normalized spacial score (nSPS) is 25.1. The van der Waals surface area contributed by atoms with E-state index in [2.05, 4.69) is 54.5 Å². The molecule has 0 saturated carbocycles. The summed E-state index contributed by atoms with van der Waals surface area (Å²) in [5.74, 6) is 0.881. The lowest BCUT2D eigenvalue weighted by atomic mass is 9.94. The minimum atomic E-state index is 0.674. The van der Waals surface area contributed by atoms with Crippen molar-refractivity contribution in [3.63, 3.8) is 0 Å². The molecule has 1 N–H and O–H groups in total. The Morgan fingerprint density at radius 1 is 1.29 bits per heavy atom. The topological polar surface area (TPSA) is 15.3 Å². The van der Waals surface area contributed by atoms with Crippen molar-refractivity contribution in [1.29, 1.82) is 0 Å². The Bertz CT molecular complexity index is 323. The molecule has 1 aromatic rings. The van der Waals surface area contributed by atoms with Gasteiger partial charge in [0.05, 0.1) is 0 Å².